The number of benzene rings is 9. The lowest BCUT2D eigenvalue weighted by molar-refractivity contribution is 0.660. The van der Waals surface area contributed by atoms with Gasteiger partial charge in [-0.3, -0.25) is 0 Å². The van der Waals surface area contributed by atoms with Crippen molar-refractivity contribution in [2.24, 2.45) is 0 Å². The highest BCUT2D eigenvalue weighted by Crippen LogP contribution is 2.50. The Bertz CT molecular complexity index is 3180. The van der Waals surface area contributed by atoms with Crippen molar-refractivity contribution < 1.29 is 0 Å². The molecule has 0 spiro atoms. The maximum atomic E-state index is 2.38. The normalized spacial score (nSPS) is 12.5. The molecule has 10 aromatic rings. The van der Waals surface area contributed by atoms with Crippen molar-refractivity contribution in [3.05, 3.63) is 241 Å². The fourth-order valence-electron chi connectivity index (χ4n) is 9.32. The topological polar surface area (TPSA) is 6.48 Å². The molecule has 0 radical (unpaired) electrons. The first-order chi connectivity index (χ1) is 30.5. The molecule has 1 aromatic heterocycles. The number of rotatable bonds is 9. The van der Waals surface area contributed by atoms with Crippen molar-refractivity contribution in [3.63, 3.8) is 0 Å². The van der Waals surface area contributed by atoms with Gasteiger partial charge in [0.1, 0.15) is 0 Å². The van der Waals surface area contributed by atoms with E-state index in [1.165, 1.54) is 54.6 Å². The van der Waals surface area contributed by atoms with Crippen molar-refractivity contribution in [1.82, 2.24) is 0 Å². The van der Waals surface area contributed by atoms with Crippen LogP contribution in [0.4, 0.5) is 34.1 Å². The highest BCUT2D eigenvalue weighted by atomic mass is 32.1. The highest BCUT2D eigenvalue weighted by Gasteiger charge is 2.35. The molecule has 62 heavy (non-hydrogen) atoms. The summed E-state index contributed by atoms with van der Waals surface area (Å²) in [4.78, 5) is 4.68. The largest absolute Gasteiger partial charge is 0.311 e. The van der Waals surface area contributed by atoms with Gasteiger partial charge in [0, 0.05) is 44.2 Å². The lowest BCUT2D eigenvalue weighted by atomic mass is 9.82. The molecular formula is C59H44N2S. The van der Waals surface area contributed by atoms with E-state index >= 15 is 0 Å². The van der Waals surface area contributed by atoms with Crippen LogP contribution in [-0.2, 0) is 5.41 Å². The van der Waals surface area contributed by atoms with Crippen LogP contribution in [0, 0.1) is 0 Å². The SMILES string of the molecule is CC1(C)c2ccccc2-c2cc(-c3ccc(N(c4ccccc4)c4cccc(-c5ccc(N(c6ccccc6)c6ccc(-c7ccc8ccsc8c7)cc6)cc5)c4)cc3)ccc21. The number of para-hydroxylation sites is 2. The number of fused-ring (bicyclic) bond motifs is 4. The monoisotopic (exact) mass is 812 g/mol. The van der Waals surface area contributed by atoms with E-state index in [-0.39, 0.29) is 5.41 Å². The summed E-state index contributed by atoms with van der Waals surface area (Å²) in [6, 6.07) is 81.8. The van der Waals surface area contributed by atoms with Crippen LogP contribution in [0.1, 0.15) is 25.0 Å². The fourth-order valence-corrected chi connectivity index (χ4v) is 10.1. The highest BCUT2D eigenvalue weighted by molar-refractivity contribution is 7.17. The minimum atomic E-state index is -0.00241. The summed E-state index contributed by atoms with van der Waals surface area (Å²) in [6.07, 6.45) is 0. The standard InChI is InChI=1S/C59H44N2S/c1-59(2)56-19-10-9-18-54(56)55-39-46(28-35-57(55)59)42-24-33-52(34-25-42)61(49-15-7-4-8-16-49)53-17-11-12-45(38-53)41-22-29-50(30-23-41)60(48-13-5-3-6-14-48)51-31-26-43(27-32-51)47-21-20-44-36-37-62-58(44)40-47/h3-40H,1-2H3. The van der Waals surface area contributed by atoms with Crippen LogP contribution in [0.2, 0.25) is 0 Å². The molecular weight excluding hydrogens is 769 g/mol. The molecule has 0 unspecified atom stereocenters. The van der Waals surface area contributed by atoms with Gasteiger partial charge < -0.3 is 9.80 Å². The average molecular weight is 813 g/mol. The molecule has 1 heterocycles. The first-order valence-electron chi connectivity index (χ1n) is 21.3. The van der Waals surface area contributed by atoms with Gasteiger partial charge >= 0.3 is 0 Å². The Hall–Kier alpha value is -7.46. The number of nitrogens with zero attached hydrogens (tertiary/aromatic N) is 2. The van der Waals surface area contributed by atoms with E-state index in [1.54, 1.807) is 11.3 Å². The molecule has 0 amide bonds. The third kappa shape index (κ3) is 6.77. The van der Waals surface area contributed by atoms with Crippen molar-refractivity contribution in [1.29, 1.82) is 0 Å². The van der Waals surface area contributed by atoms with Gasteiger partial charge in [0.2, 0.25) is 0 Å². The van der Waals surface area contributed by atoms with Crippen molar-refractivity contribution >= 4 is 55.5 Å². The van der Waals surface area contributed by atoms with Gasteiger partial charge in [0.15, 0.2) is 0 Å². The average Bonchev–Trinajstić information content (AvgIpc) is 3.90. The first-order valence-corrected chi connectivity index (χ1v) is 22.2. The Morgan fingerprint density at radius 1 is 0.323 bits per heavy atom. The van der Waals surface area contributed by atoms with Gasteiger partial charge in [-0.2, -0.15) is 0 Å². The minimum absolute atomic E-state index is 0.00241. The third-order valence-corrected chi connectivity index (χ3v) is 13.4. The lowest BCUT2D eigenvalue weighted by Gasteiger charge is -2.27. The number of hydrogen-bond donors (Lipinski definition) is 0. The van der Waals surface area contributed by atoms with Crippen LogP contribution in [0.3, 0.4) is 0 Å². The Balaban J connectivity index is 0.895. The summed E-state index contributed by atoms with van der Waals surface area (Å²) in [5, 5.41) is 3.45. The van der Waals surface area contributed by atoms with Gasteiger partial charge in [0.05, 0.1) is 0 Å². The number of hydrogen-bond acceptors (Lipinski definition) is 3. The van der Waals surface area contributed by atoms with E-state index in [0.717, 1.165) is 45.3 Å². The summed E-state index contributed by atoms with van der Waals surface area (Å²) in [5.41, 5.74) is 19.3. The molecule has 1 aliphatic carbocycles. The molecule has 0 fully saturated rings. The molecule has 0 saturated heterocycles. The molecule has 0 saturated carbocycles. The second-order valence-corrected chi connectivity index (χ2v) is 17.6. The van der Waals surface area contributed by atoms with Gasteiger partial charge in [-0.1, -0.05) is 147 Å². The van der Waals surface area contributed by atoms with E-state index in [9.17, 15) is 0 Å². The van der Waals surface area contributed by atoms with Gasteiger partial charge in [-0.15, -0.1) is 11.3 Å². The molecule has 0 atom stereocenters. The van der Waals surface area contributed by atoms with E-state index in [4.69, 9.17) is 0 Å². The van der Waals surface area contributed by atoms with Crippen molar-refractivity contribution in [2.75, 3.05) is 9.80 Å². The van der Waals surface area contributed by atoms with Crippen LogP contribution in [0.5, 0.6) is 0 Å². The van der Waals surface area contributed by atoms with Gasteiger partial charge in [0.25, 0.3) is 0 Å². The van der Waals surface area contributed by atoms with Crippen molar-refractivity contribution in [2.45, 2.75) is 19.3 Å². The smallest absolute Gasteiger partial charge is 0.0467 e. The van der Waals surface area contributed by atoms with Crippen molar-refractivity contribution in [3.8, 4) is 44.5 Å². The summed E-state index contributed by atoms with van der Waals surface area (Å²) in [6.45, 7) is 4.67. The maximum absolute atomic E-state index is 2.38. The van der Waals surface area contributed by atoms with E-state index < -0.39 is 0 Å². The lowest BCUT2D eigenvalue weighted by Crippen LogP contribution is -2.14. The predicted octanol–water partition coefficient (Wildman–Crippen LogP) is 17.1. The summed E-state index contributed by atoms with van der Waals surface area (Å²) < 4.78 is 1.31. The molecule has 296 valence electrons. The Morgan fingerprint density at radius 2 is 0.774 bits per heavy atom. The summed E-state index contributed by atoms with van der Waals surface area (Å²) in [5.74, 6) is 0. The zero-order chi connectivity index (χ0) is 41.6. The summed E-state index contributed by atoms with van der Waals surface area (Å²) >= 11 is 1.79. The molecule has 0 bridgehead atoms. The molecule has 1 aliphatic rings. The molecule has 2 nitrogen and oxygen atoms in total. The second kappa shape index (κ2) is 15.5. The molecule has 0 N–H and O–H groups in total. The number of thiophene rings is 1. The second-order valence-electron chi connectivity index (χ2n) is 16.6. The predicted molar refractivity (Wildman–Crippen MR) is 265 cm³/mol. The minimum Gasteiger partial charge on any atom is -0.311 e. The van der Waals surface area contributed by atoms with Gasteiger partial charge in [-0.05, 0) is 157 Å². The van der Waals surface area contributed by atoms with Crippen LogP contribution in [0.25, 0.3) is 54.6 Å². The summed E-state index contributed by atoms with van der Waals surface area (Å²) in [7, 11) is 0. The first kappa shape index (κ1) is 37.5. The van der Waals surface area contributed by atoms with E-state index in [1.807, 2.05) is 0 Å². The molecule has 11 rings (SSSR count). The van der Waals surface area contributed by atoms with Crippen LogP contribution >= 0.6 is 11.3 Å². The third-order valence-electron chi connectivity index (χ3n) is 12.5. The fraction of sp³-hybridized carbons (Fsp3) is 0.0508. The molecule has 9 aromatic carbocycles. The van der Waals surface area contributed by atoms with Crippen LogP contribution < -0.4 is 9.80 Å². The Morgan fingerprint density at radius 3 is 1.39 bits per heavy atom. The van der Waals surface area contributed by atoms with E-state index in [2.05, 4.69) is 253 Å². The van der Waals surface area contributed by atoms with Gasteiger partial charge in [-0.25, -0.2) is 0 Å². The Labute approximate surface area is 368 Å². The van der Waals surface area contributed by atoms with E-state index in [0.29, 0.717) is 0 Å². The zero-order valence-electron chi connectivity index (χ0n) is 34.7. The molecule has 0 aliphatic heterocycles. The number of anilines is 6. The zero-order valence-corrected chi connectivity index (χ0v) is 35.6. The van der Waals surface area contributed by atoms with Crippen LogP contribution in [-0.4, -0.2) is 0 Å². The maximum Gasteiger partial charge on any atom is 0.0467 e. The Kier molecular flexibility index (Phi) is 9.40. The molecule has 3 heteroatoms. The van der Waals surface area contributed by atoms with Crippen LogP contribution in [0.15, 0.2) is 230 Å². The quantitative estimate of drug-likeness (QED) is 0.143.